The topological polar surface area (TPSA) is 36.4 Å². The summed E-state index contributed by atoms with van der Waals surface area (Å²) in [5.41, 5.74) is 0.662. The summed E-state index contributed by atoms with van der Waals surface area (Å²) in [5, 5.41) is 0. The summed E-state index contributed by atoms with van der Waals surface area (Å²) in [6.07, 6.45) is 4.56. The minimum Gasteiger partial charge on any atom is -0.336 e. The van der Waals surface area contributed by atoms with Crippen LogP contribution in [-0.4, -0.2) is 53.4 Å². The lowest BCUT2D eigenvalue weighted by atomic mass is 10.1. The van der Waals surface area contributed by atoms with Gasteiger partial charge in [-0.1, -0.05) is 13.8 Å². The molecule has 0 radical (unpaired) electrons. The van der Waals surface area contributed by atoms with Gasteiger partial charge in [-0.3, -0.25) is 14.7 Å². The van der Waals surface area contributed by atoms with E-state index in [2.05, 4.69) is 39.7 Å². The molecule has 4 nitrogen and oxygen atoms in total. The van der Waals surface area contributed by atoms with Crippen LogP contribution in [0.2, 0.25) is 0 Å². The Morgan fingerprint density at radius 3 is 2.60 bits per heavy atom. The summed E-state index contributed by atoms with van der Waals surface area (Å²) in [4.78, 5) is 20.8. The van der Waals surface area contributed by atoms with Gasteiger partial charge in [0.25, 0.3) is 5.91 Å². The molecule has 0 saturated carbocycles. The van der Waals surface area contributed by atoms with Gasteiger partial charge in [0, 0.05) is 43.0 Å². The number of pyridine rings is 1. The van der Waals surface area contributed by atoms with Gasteiger partial charge in [0.05, 0.1) is 5.56 Å². The highest BCUT2D eigenvalue weighted by Crippen LogP contribution is 2.13. The van der Waals surface area contributed by atoms with Crippen molar-refractivity contribution in [2.45, 2.75) is 20.3 Å². The summed E-state index contributed by atoms with van der Waals surface area (Å²) in [7, 11) is 0. The lowest BCUT2D eigenvalue weighted by Gasteiger charge is -2.35. The molecule has 2 rings (SSSR count). The average molecular weight is 340 g/mol. The second kappa shape index (κ2) is 7.18. The Kier molecular flexibility index (Phi) is 5.54. The van der Waals surface area contributed by atoms with Gasteiger partial charge >= 0.3 is 0 Å². The number of aromatic nitrogens is 1. The maximum absolute atomic E-state index is 12.4. The van der Waals surface area contributed by atoms with Gasteiger partial charge in [-0.05, 0) is 40.9 Å². The third-order valence-corrected chi connectivity index (χ3v) is 4.07. The summed E-state index contributed by atoms with van der Waals surface area (Å²) in [6, 6.07) is 1.83. The number of nitrogens with zero attached hydrogens (tertiary/aromatic N) is 3. The summed E-state index contributed by atoms with van der Waals surface area (Å²) < 4.78 is 0.846. The van der Waals surface area contributed by atoms with E-state index in [1.54, 1.807) is 12.4 Å². The smallest absolute Gasteiger partial charge is 0.255 e. The number of amides is 1. The minimum atomic E-state index is 0.0855. The van der Waals surface area contributed by atoms with Crippen molar-refractivity contribution >= 4 is 21.8 Å². The van der Waals surface area contributed by atoms with Crippen molar-refractivity contribution < 1.29 is 4.79 Å². The van der Waals surface area contributed by atoms with Crippen molar-refractivity contribution in [2.24, 2.45) is 5.92 Å². The maximum atomic E-state index is 12.4. The van der Waals surface area contributed by atoms with Crippen molar-refractivity contribution in [3.63, 3.8) is 0 Å². The van der Waals surface area contributed by atoms with E-state index in [0.717, 1.165) is 43.1 Å². The molecule has 0 N–H and O–H groups in total. The average Bonchev–Trinajstić information content (AvgIpc) is 2.45. The van der Waals surface area contributed by atoms with E-state index in [1.165, 1.54) is 6.42 Å². The predicted molar refractivity (Wildman–Crippen MR) is 83.7 cm³/mol. The van der Waals surface area contributed by atoms with Gasteiger partial charge < -0.3 is 4.90 Å². The lowest BCUT2D eigenvalue weighted by Crippen LogP contribution is -2.49. The van der Waals surface area contributed by atoms with Crippen LogP contribution in [0.5, 0.6) is 0 Å². The van der Waals surface area contributed by atoms with Crippen LogP contribution in [0.4, 0.5) is 0 Å². The van der Waals surface area contributed by atoms with Crippen LogP contribution in [0.25, 0.3) is 0 Å². The largest absolute Gasteiger partial charge is 0.336 e. The Morgan fingerprint density at radius 1 is 1.30 bits per heavy atom. The van der Waals surface area contributed by atoms with Crippen molar-refractivity contribution in [3.8, 4) is 0 Å². The molecule has 0 bridgehead atoms. The van der Waals surface area contributed by atoms with Crippen molar-refractivity contribution in [3.05, 3.63) is 28.5 Å². The molecule has 2 heterocycles. The highest BCUT2D eigenvalue weighted by Gasteiger charge is 2.22. The standard InChI is InChI=1S/C15H22BrN3O/c1-12(2)3-4-18-5-7-19(8-6-18)15(20)13-9-14(16)11-17-10-13/h9-12H,3-8H2,1-2H3. The molecule has 1 aliphatic rings. The zero-order chi connectivity index (χ0) is 14.5. The molecule has 1 amide bonds. The van der Waals surface area contributed by atoms with Gasteiger partial charge in [0.15, 0.2) is 0 Å². The summed E-state index contributed by atoms with van der Waals surface area (Å²) >= 11 is 3.36. The normalized spacial score (nSPS) is 16.7. The molecule has 20 heavy (non-hydrogen) atoms. The molecule has 1 aliphatic heterocycles. The highest BCUT2D eigenvalue weighted by molar-refractivity contribution is 9.10. The zero-order valence-corrected chi connectivity index (χ0v) is 13.8. The van der Waals surface area contributed by atoms with Crippen LogP contribution in [0.1, 0.15) is 30.6 Å². The number of hydrogen-bond acceptors (Lipinski definition) is 3. The Labute approximate surface area is 129 Å². The first-order valence-corrected chi connectivity index (χ1v) is 7.97. The number of halogens is 1. The van der Waals surface area contributed by atoms with Crippen LogP contribution >= 0.6 is 15.9 Å². The Morgan fingerprint density at radius 2 is 2.00 bits per heavy atom. The monoisotopic (exact) mass is 339 g/mol. The zero-order valence-electron chi connectivity index (χ0n) is 12.2. The summed E-state index contributed by atoms with van der Waals surface area (Å²) in [6.45, 7) is 9.20. The summed E-state index contributed by atoms with van der Waals surface area (Å²) in [5.74, 6) is 0.824. The third kappa shape index (κ3) is 4.28. The van der Waals surface area contributed by atoms with Gasteiger partial charge in [0.2, 0.25) is 0 Å². The molecule has 1 aromatic heterocycles. The van der Waals surface area contributed by atoms with Gasteiger partial charge in [-0.25, -0.2) is 0 Å². The SMILES string of the molecule is CC(C)CCN1CCN(C(=O)c2cncc(Br)c2)CC1. The molecule has 1 fully saturated rings. The Bertz CT molecular complexity index is 456. The number of piperazine rings is 1. The molecule has 0 aliphatic carbocycles. The number of carbonyl (C=O) groups is 1. The van der Waals surface area contributed by atoms with E-state index in [4.69, 9.17) is 0 Å². The number of rotatable bonds is 4. The molecule has 0 atom stereocenters. The molecule has 5 heteroatoms. The van der Waals surface area contributed by atoms with E-state index in [0.29, 0.717) is 5.56 Å². The number of carbonyl (C=O) groups excluding carboxylic acids is 1. The molecule has 0 aromatic carbocycles. The fraction of sp³-hybridized carbons (Fsp3) is 0.600. The maximum Gasteiger partial charge on any atom is 0.255 e. The van der Waals surface area contributed by atoms with Gasteiger partial charge in [-0.15, -0.1) is 0 Å². The minimum absolute atomic E-state index is 0.0855. The van der Waals surface area contributed by atoms with Crippen molar-refractivity contribution in [1.29, 1.82) is 0 Å². The van der Waals surface area contributed by atoms with E-state index < -0.39 is 0 Å². The lowest BCUT2D eigenvalue weighted by molar-refractivity contribution is 0.0631. The predicted octanol–water partition coefficient (Wildman–Crippen LogP) is 2.65. The molecular weight excluding hydrogens is 318 g/mol. The highest BCUT2D eigenvalue weighted by atomic mass is 79.9. The first-order chi connectivity index (χ1) is 9.56. The second-order valence-corrected chi connectivity index (χ2v) is 6.62. The molecule has 0 spiro atoms. The van der Waals surface area contributed by atoms with E-state index >= 15 is 0 Å². The van der Waals surface area contributed by atoms with Crippen LogP contribution in [-0.2, 0) is 0 Å². The van der Waals surface area contributed by atoms with Crippen LogP contribution < -0.4 is 0 Å². The molecule has 110 valence electrons. The molecule has 1 aromatic rings. The Balaban J connectivity index is 1.86. The fourth-order valence-corrected chi connectivity index (χ4v) is 2.69. The fourth-order valence-electron chi connectivity index (χ4n) is 2.33. The molecule has 1 saturated heterocycles. The van der Waals surface area contributed by atoms with Crippen LogP contribution in [0.3, 0.4) is 0 Å². The van der Waals surface area contributed by atoms with Crippen LogP contribution in [0.15, 0.2) is 22.9 Å². The van der Waals surface area contributed by atoms with Gasteiger partial charge in [-0.2, -0.15) is 0 Å². The molecular formula is C15H22BrN3O. The van der Waals surface area contributed by atoms with Crippen molar-refractivity contribution in [2.75, 3.05) is 32.7 Å². The molecule has 0 unspecified atom stereocenters. The van der Waals surface area contributed by atoms with Crippen LogP contribution in [0, 0.1) is 5.92 Å². The second-order valence-electron chi connectivity index (χ2n) is 5.71. The van der Waals surface area contributed by atoms with E-state index in [9.17, 15) is 4.79 Å². The Hall–Kier alpha value is -0.940. The van der Waals surface area contributed by atoms with E-state index in [1.807, 2.05) is 11.0 Å². The number of hydrogen-bond donors (Lipinski definition) is 0. The van der Waals surface area contributed by atoms with E-state index in [-0.39, 0.29) is 5.91 Å². The van der Waals surface area contributed by atoms with Gasteiger partial charge in [0.1, 0.15) is 0 Å². The quantitative estimate of drug-likeness (QED) is 0.846. The first-order valence-electron chi connectivity index (χ1n) is 7.18. The third-order valence-electron chi connectivity index (χ3n) is 3.63. The first kappa shape index (κ1) is 15.4. The van der Waals surface area contributed by atoms with Crippen molar-refractivity contribution in [1.82, 2.24) is 14.8 Å².